The van der Waals surface area contributed by atoms with Gasteiger partial charge in [-0.2, -0.15) is 5.10 Å². The van der Waals surface area contributed by atoms with Crippen molar-refractivity contribution in [2.45, 2.75) is 45.7 Å². The number of hydrogen-bond acceptors (Lipinski definition) is 6. The average Bonchev–Trinajstić information content (AvgIpc) is 3.16. The maximum atomic E-state index is 12.2. The molecule has 0 aliphatic carbocycles. The predicted octanol–water partition coefficient (Wildman–Crippen LogP) is 1.85. The van der Waals surface area contributed by atoms with Gasteiger partial charge in [0.25, 0.3) is 5.56 Å². The predicted molar refractivity (Wildman–Crippen MR) is 94.0 cm³/mol. The molecule has 1 aliphatic heterocycles. The average molecular weight is 348 g/mol. The third kappa shape index (κ3) is 3.01. The summed E-state index contributed by atoms with van der Waals surface area (Å²) in [5.41, 5.74) is 2.37. The molecule has 0 unspecified atom stereocenters. The molecule has 0 amide bonds. The van der Waals surface area contributed by atoms with E-state index in [2.05, 4.69) is 15.5 Å². The topological polar surface area (TPSA) is 99.5 Å². The van der Waals surface area contributed by atoms with Crippen molar-refractivity contribution in [1.82, 2.24) is 15.0 Å². The largest absolute Gasteiger partial charge is 0.494 e. The lowest BCUT2D eigenvalue weighted by atomic mass is 10.1. The maximum Gasteiger partial charge on any atom is 0.331 e. The van der Waals surface area contributed by atoms with E-state index in [-0.39, 0.29) is 17.5 Å². The van der Waals surface area contributed by atoms with Crippen LogP contribution in [0.1, 0.15) is 47.5 Å². The van der Waals surface area contributed by atoms with Crippen molar-refractivity contribution < 1.29 is 5.11 Å². The fourth-order valence-electron chi connectivity index (χ4n) is 2.75. The summed E-state index contributed by atoms with van der Waals surface area (Å²) in [5.74, 6) is -0.305. The van der Waals surface area contributed by atoms with Crippen molar-refractivity contribution in [3.8, 4) is 5.88 Å². The molecule has 0 radical (unpaired) electrons. The van der Waals surface area contributed by atoms with Gasteiger partial charge in [0.1, 0.15) is 5.56 Å². The van der Waals surface area contributed by atoms with Gasteiger partial charge in [-0.15, -0.1) is 11.3 Å². The van der Waals surface area contributed by atoms with Gasteiger partial charge in [0.05, 0.1) is 11.8 Å². The SMILES string of the molecule is CCCCn1c(O)c(C2=NN[C@H](c3ccc(C)s3)C2)c(=O)[nH]c1=O. The van der Waals surface area contributed by atoms with Crippen molar-refractivity contribution in [2.24, 2.45) is 5.10 Å². The highest BCUT2D eigenvalue weighted by Gasteiger charge is 2.27. The normalized spacial score (nSPS) is 16.9. The fourth-order valence-corrected chi connectivity index (χ4v) is 3.67. The van der Waals surface area contributed by atoms with Crippen LogP contribution in [0.25, 0.3) is 0 Å². The Morgan fingerprint density at radius 3 is 2.88 bits per heavy atom. The van der Waals surface area contributed by atoms with Crippen molar-refractivity contribution in [3.63, 3.8) is 0 Å². The monoisotopic (exact) mass is 348 g/mol. The zero-order valence-corrected chi connectivity index (χ0v) is 14.4. The summed E-state index contributed by atoms with van der Waals surface area (Å²) >= 11 is 1.67. The summed E-state index contributed by atoms with van der Waals surface area (Å²) in [4.78, 5) is 28.7. The third-order valence-corrected chi connectivity index (χ3v) is 5.17. The Labute approximate surface area is 142 Å². The van der Waals surface area contributed by atoms with Crippen LogP contribution < -0.4 is 16.7 Å². The van der Waals surface area contributed by atoms with Gasteiger partial charge in [0, 0.05) is 22.7 Å². The van der Waals surface area contributed by atoms with Crippen LogP contribution in [0, 0.1) is 6.92 Å². The molecule has 2 aromatic heterocycles. The second kappa shape index (κ2) is 6.64. The van der Waals surface area contributed by atoms with E-state index in [0.29, 0.717) is 18.7 Å². The molecule has 2 aromatic rings. The van der Waals surface area contributed by atoms with Gasteiger partial charge >= 0.3 is 5.69 Å². The third-order valence-electron chi connectivity index (χ3n) is 4.05. The molecule has 3 N–H and O–H groups in total. The first kappa shape index (κ1) is 16.5. The number of unbranched alkanes of at least 4 members (excludes halogenated alkanes) is 1. The minimum atomic E-state index is -0.603. The second-order valence-electron chi connectivity index (χ2n) is 5.86. The highest BCUT2D eigenvalue weighted by atomic mass is 32.1. The Morgan fingerprint density at radius 1 is 1.42 bits per heavy atom. The lowest BCUT2D eigenvalue weighted by Crippen LogP contribution is -2.33. The number of nitrogens with one attached hydrogen (secondary N) is 2. The minimum absolute atomic E-state index is 0.0199. The number of aromatic hydroxyl groups is 1. The van der Waals surface area contributed by atoms with Crippen molar-refractivity contribution in [1.29, 1.82) is 0 Å². The Hall–Kier alpha value is -2.35. The fraction of sp³-hybridized carbons (Fsp3) is 0.438. The van der Waals surface area contributed by atoms with E-state index in [4.69, 9.17) is 0 Å². The summed E-state index contributed by atoms with van der Waals surface area (Å²) in [7, 11) is 0. The van der Waals surface area contributed by atoms with Gasteiger partial charge in [-0.05, 0) is 25.5 Å². The van der Waals surface area contributed by atoms with E-state index in [0.717, 1.165) is 17.7 Å². The van der Waals surface area contributed by atoms with Crippen LogP contribution in [-0.4, -0.2) is 20.4 Å². The first-order valence-electron chi connectivity index (χ1n) is 7.96. The number of thiophene rings is 1. The lowest BCUT2D eigenvalue weighted by Gasteiger charge is -2.11. The zero-order valence-electron chi connectivity index (χ0n) is 13.6. The van der Waals surface area contributed by atoms with E-state index < -0.39 is 11.2 Å². The van der Waals surface area contributed by atoms with Crippen molar-refractivity contribution >= 4 is 17.0 Å². The maximum absolute atomic E-state index is 12.2. The number of aromatic amines is 1. The molecule has 7 nitrogen and oxygen atoms in total. The van der Waals surface area contributed by atoms with E-state index in [1.54, 1.807) is 11.3 Å². The molecule has 0 aromatic carbocycles. The number of H-pyrrole nitrogens is 1. The molecule has 24 heavy (non-hydrogen) atoms. The van der Waals surface area contributed by atoms with Gasteiger partial charge in [0.2, 0.25) is 5.88 Å². The van der Waals surface area contributed by atoms with Crippen LogP contribution >= 0.6 is 11.3 Å². The van der Waals surface area contributed by atoms with Crippen LogP contribution in [0.4, 0.5) is 0 Å². The number of hydrazone groups is 1. The van der Waals surface area contributed by atoms with Gasteiger partial charge in [-0.1, -0.05) is 13.3 Å². The Balaban J connectivity index is 1.92. The van der Waals surface area contributed by atoms with Crippen molar-refractivity contribution in [3.05, 3.63) is 48.3 Å². The highest BCUT2D eigenvalue weighted by Crippen LogP contribution is 2.30. The molecule has 128 valence electrons. The van der Waals surface area contributed by atoms with E-state index in [1.165, 1.54) is 9.44 Å². The van der Waals surface area contributed by atoms with Crippen molar-refractivity contribution in [2.75, 3.05) is 0 Å². The zero-order chi connectivity index (χ0) is 17.3. The molecule has 1 aliphatic rings. The molecule has 3 heterocycles. The van der Waals surface area contributed by atoms with Gasteiger partial charge < -0.3 is 10.5 Å². The summed E-state index contributed by atoms with van der Waals surface area (Å²) in [6.45, 7) is 4.39. The van der Waals surface area contributed by atoms with Gasteiger partial charge in [-0.3, -0.25) is 14.3 Å². The molecule has 1 atom stereocenters. The van der Waals surface area contributed by atoms with E-state index >= 15 is 0 Å². The molecule has 0 fully saturated rings. The van der Waals surface area contributed by atoms with Crippen LogP contribution in [0.3, 0.4) is 0 Å². The Bertz CT molecular complexity index is 893. The molecular weight excluding hydrogens is 328 g/mol. The van der Waals surface area contributed by atoms with Crippen LogP contribution in [0.2, 0.25) is 0 Å². The number of hydrogen-bond donors (Lipinski definition) is 3. The summed E-state index contributed by atoms with van der Waals surface area (Å²) in [5, 5.41) is 14.7. The van der Waals surface area contributed by atoms with E-state index in [1.807, 2.05) is 26.0 Å². The molecule has 0 bridgehead atoms. The van der Waals surface area contributed by atoms with Crippen LogP contribution in [0.15, 0.2) is 26.8 Å². The van der Waals surface area contributed by atoms with Gasteiger partial charge in [0.15, 0.2) is 0 Å². The molecule has 3 rings (SSSR count). The van der Waals surface area contributed by atoms with Crippen LogP contribution in [-0.2, 0) is 6.54 Å². The quantitative estimate of drug-likeness (QED) is 0.768. The first-order chi connectivity index (χ1) is 11.5. The highest BCUT2D eigenvalue weighted by molar-refractivity contribution is 7.12. The van der Waals surface area contributed by atoms with Crippen LogP contribution in [0.5, 0.6) is 5.88 Å². The van der Waals surface area contributed by atoms with E-state index in [9.17, 15) is 14.7 Å². The standard InChI is InChI=1S/C16H20N4O3S/c1-3-4-7-20-15(22)13(14(21)17-16(20)23)11-8-10(18-19-11)12-6-5-9(2)24-12/h5-6,10,18,22H,3-4,7-8H2,1-2H3,(H,17,21,23)/t10-/m0/s1. The number of aromatic nitrogens is 2. The second-order valence-corrected chi connectivity index (χ2v) is 7.18. The minimum Gasteiger partial charge on any atom is -0.494 e. The smallest absolute Gasteiger partial charge is 0.331 e. The molecule has 8 heteroatoms. The molecule has 0 saturated carbocycles. The summed E-state index contributed by atoms with van der Waals surface area (Å²) in [6, 6.07) is 4.05. The first-order valence-corrected chi connectivity index (χ1v) is 8.77. The number of nitrogens with zero attached hydrogens (tertiary/aromatic N) is 2. The number of rotatable bonds is 5. The lowest BCUT2D eigenvalue weighted by molar-refractivity contribution is 0.394. The summed E-state index contributed by atoms with van der Waals surface area (Å²) in [6.07, 6.45) is 2.10. The molecule has 0 saturated heterocycles. The molecular formula is C16H20N4O3S. The molecule has 0 spiro atoms. The Kier molecular flexibility index (Phi) is 4.57. The van der Waals surface area contributed by atoms with Gasteiger partial charge in [-0.25, -0.2) is 4.79 Å². The Morgan fingerprint density at radius 2 is 2.21 bits per heavy atom. The number of aryl methyl sites for hydroxylation is 1. The summed E-state index contributed by atoms with van der Waals surface area (Å²) < 4.78 is 1.20.